The van der Waals surface area contributed by atoms with Gasteiger partial charge in [-0.3, -0.25) is 4.79 Å². The Morgan fingerprint density at radius 1 is 1.17 bits per heavy atom. The highest BCUT2D eigenvalue weighted by Gasteiger charge is 2.08. The van der Waals surface area contributed by atoms with Gasteiger partial charge in [0.05, 0.1) is 12.1 Å². The SMILES string of the molecule is CC(=NNC(=O)Cc1c[nH]c2ccccc12)c1ccc(Br)cc1. The van der Waals surface area contributed by atoms with Crippen LogP contribution >= 0.6 is 15.9 Å². The summed E-state index contributed by atoms with van der Waals surface area (Å²) in [5, 5.41) is 5.24. The molecule has 0 saturated heterocycles. The van der Waals surface area contributed by atoms with E-state index < -0.39 is 0 Å². The summed E-state index contributed by atoms with van der Waals surface area (Å²) in [5.41, 5.74) is 6.36. The van der Waals surface area contributed by atoms with E-state index >= 15 is 0 Å². The molecule has 4 nitrogen and oxygen atoms in total. The van der Waals surface area contributed by atoms with Gasteiger partial charge in [-0.2, -0.15) is 5.10 Å². The molecule has 0 atom stereocenters. The molecule has 116 valence electrons. The van der Waals surface area contributed by atoms with E-state index in [-0.39, 0.29) is 5.91 Å². The van der Waals surface area contributed by atoms with Gasteiger partial charge >= 0.3 is 0 Å². The Balaban J connectivity index is 1.67. The quantitative estimate of drug-likeness (QED) is 0.529. The third-order valence-corrected chi connectivity index (χ3v) is 4.16. The highest BCUT2D eigenvalue weighted by Crippen LogP contribution is 2.18. The number of amides is 1. The lowest BCUT2D eigenvalue weighted by molar-refractivity contribution is -0.120. The maximum Gasteiger partial charge on any atom is 0.244 e. The molecule has 3 rings (SSSR count). The van der Waals surface area contributed by atoms with Crippen molar-refractivity contribution in [3.8, 4) is 0 Å². The minimum Gasteiger partial charge on any atom is -0.361 e. The van der Waals surface area contributed by atoms with Gasteiger partial charge in [0.25, 0.3) is 0 Å². The standard InChI is InChI=1S/C18H16BrN3O/c1-12(13-6-8-15(19)9-7-13)21-22-18(23)10-14-11-20-17-5-3-2-4-16(14)17/h2-9,11,20H,10H2,1H3,(H,22,23). The van der Waals surface area contributed by atoms with Crippen molar-refractivity contribution in [2.24, 2.45) is 5.10 Å². The zero-order valence-electron chi connectivity index (χ0n) is 12.6. The van der Waals surface area contributed by atoms with Gasteiger partial charge in [-0.1, -0.05) is 46.3 Å². The number of aromatic amines is 1. The van der Waals surface area contributed by atoms with Gasteiger partial charge in [0.15, 0.2) is 0 Å². The van der Waals surface area contributed by atoms with E-state index in [4.69, 9.17) is 0 Å². The predicted molar refractivity (Wildman–Crippen MR) is 96.5 cm³/mol. The number of nitrogens with zero attached hydrogens (tertiary/aromatic N) is 1. The number of benzene rings is 2. The zero-order chi connectivity index (χ0) is 16.2. The number of fused-ring (bicyclic) bond motifs is 1. The van der Waals surface area contributed by atoms with Crippen LogP contribution in [0.4, 0.5) is 0 Å². The number of halogens is 1. The van der Waals surface area contributed by atoms with Crippen LogP contribution in [-0.4, -0.2) is 16.6 Å². The predicted octanol–water partition coefficient (Wildman–Crippen LogP) is 4.01. The molecule has 1 amide bonds. The monoisotopic (exact) mass is 369 g/mol. The molecular formula is C18H16BrN3O. The van der Waals surface area contributed by atoms with Crippen molar-refractivity contribution in [3.05, 3.63) is 70.3 Å². The van der Waals surface area contributed by atoms with Gasteiger partial charge in [0.1, 0.15) is 0 Å². The van der Waals surface area contributed by atoms with E-state index in [1.165, 1.54) is 0 Å². The summed E-state index contributed by atoms with van der Waals surface area (Å²) < 4.78 is 1.01. The molecule has 0 spiro atoms. The summed E-state index contributed by atoms with van der Waals surface area (Å²) in [6.45, 7) is 1.87. The molecule has 23 heavy (non-hydrogen) atoms. The molecule has 2 aromatic carbocycles. The molecule has 3 aromatic rings. The van der Waals surface area contributed by atoms with Crippen molar-refractivity contribution in [3.63, 3.8) is 0 Å². The van der Waals surface area contributed by atoms with Crippen LogP contribution in [0.5, 0.6) is 0 Å². The van der Waals surface area contributed by atoms with Gasteiger partial charge < -0.3 is 4.98 Å². The minimum absolute atomic E-state index is 0.133. The first-order valence-electron chi connectivity index (χ1n) is 7.27. The largest absolute Gasteiger partial charge is 0.361 e. The number of carbonyl (C=O) groups excluding carboxylic acids is 1. The van der Waals surface area contributed by atoms with Crippen molar-refractivity contribution >= 4 is 38.5 Å². The first-order chi connectivity index (χ1) is 11.1. The van der Waals surface area contributed by atoms with Crippen LogP contribution in [0.1, 0.15) is 18.1 Å². The molecule has 1 heterocycles. The summed E-state index contributed by atoms with van der Waals surface area (Å²) in [5.74, 6) is -0.133. The Morgan fingerprint density at radius 3 is 2.70 bits per heavy atom. The fourth-order valence-corrected chi connectivity index (χ4v) is 2.66. The van der Waals surface area contributed by atoms with E-state index in [2.05, 4.69) is 31.4 Å². The van der Waals surface area contributed by atoms with Gasteiger partial charge in [-0.25, -0.2) is 5.43 Å². The highest BCUT2D eigenvalue weighted by atomic mass is 79.9. The average Bonchev–Trinajstić information content (AvgIpc) is 2.96. The topological polar surface area (TPSA) is 57.2 Å². The van der Waals surface area contributed by atoms with E-state index in [1.54, 1.807) is 0 Å². The summed E-state index contributed by atoms with van der Waals surface area (Å²) in [6, 6.07) is 15.7. The molecule has 5 heteroatoms. The second-order valence-electron chi connectivity index (χ2n) is 5.28. The Labute approximate surface area is 142 Å². The molecule has 0 aliphatic carbocycles. The molecule has 1 aromatic heterocycles. The lowest BCUT2D eigenvalue weighted by Gasteiger charge is -2.03. The van der Waals surface area contributed by atoms with E-state index in [0.29, 0.717) is 6.42 Å². The molecule has 0 fully saturated rings. The van der Waals surface area contributed by atoms with Gasteiger partial charge in [-0.15, -0.1) is 0 Å². The van der Waals surface area contributed by atoms with E-state index in [9.17, 15) is 4.79 Å². The number of hydrogen-bond acceptors (Lipinski definition) is 2. The molecule has 0 aliphatic heterocycles. The Morgan fingerprint density at radius 2 is 1.91 bits per heavy atom. The fourth-order valence-electron chi connectivity index (χ4n) is 2.39. The van der Waals surface area contributed by atoms with E-state index in [1.807, 2.05) is 61.7 Å². The maximum atomic E-state index is 12.1. The number of aromatic nitrogens is 1. The van der Waals surface area contributed by atoms with Gasteiger partial charge in [0.2, 0.25) is 5.91 Å². The third-order valence-electron chi connectivity index (χ3n) is 3.64. The number of nitrogens with one attached hydrogen (secondary N) is 2. The Bertz CT molecular complexity index is 865. The lowest BCUT2D eigenvalue weighted by atomic mass is 10.1. The van der Waals surface area contributed by atoms with Crippen molar-refractivity contribution < 1.29 is 4.79 Å². The smallest absolute Gasteiger partial charge is 0.244 e. The summed E-state index contributed by atoms with van der Waals surface area (Å²) in [7, 11) is 0. The molecule has 0 unspecified atom stereocenters. The number of hydrogen-bond donors (Lipinski definition) is 2. The highest BCUT2D eigenvalue weighted by molar-refractivity contribution is 9.10. The molecule has 2 N–H and O–H groups in total. The minimum atomic E-state index is -0.133. The molecule has 0 aliphatic rings. The fraction of sp³-hybridized carbons (Fsp3) is 0.111. The first-order valence-corrected chi connectivity index (χ1v) is 8.07. The lowest BCUT2D eigenvalue weighted by Crippen LogP contribution is -2.21. The molecule has 0 radical (unpaired) electrons. The van der Waals surface area contributed by atoms with Crippen LogP contribution in [0.3, 0.4) is 0 Å². The number of carbonyl (C=O) groups is 1. The van der Waals surface area contributed by atoms with Gasteiger partial charge in [-0.05, 0) is 36.2 Å². The van der Waals surface area contributed by atoms with Crippen LogP contribution in [0.2, 0.25) is 0 Å². The number of para-hydroxylation sites is 1. The van der Waals surface area contributed by atoms with E-state index in [0.717, 1.165) is 32.2 Å². The normalized spacial score (nSPS) is 11.7. The van der Waals surface area contributed by atoms with Gasteiger partial charge in [0, 0.05) is 21.6 Å². The van der Waals surface area contributed by atoms with Crippen LogP contribution in [0.25, 0.3) is 10.9 Å². The van der Waals surface area contributed by atoms with Crippen molar-refractivity contribution in [1.29, 1.82) is 0 Å². The molecular weight excluding hydrogens is 354 g/mol. The molecule has 0 saturated carbocycles. The van der Waals surface area contributed by atoms with Crippen LogP contribution in [0.15, 0.2) is 64.3 Å². The first kappa shape index (κ1) is 15.5. The Kier molecular flexibility index (Phi) is 4.57. The number of H-pyrrole nitrogens is 1. The summed E-state index contributed by atoms with van der Waals surface area (Å²) in [4.78, 5) is 15.3. The number of rotatable bonds is 4. The second-order valence-corrected chi connectivity index (χ2v) is 6.19. The van der Waals surface area contributed by atoms with Crippen molar-refractivity contribution in [2.45, 2.75) is 13.3 Å². The average molecular weight is 370 g/mol. The zero-order valence-corrected chi connectivity index (χ0v) is 14.2. The third kappa shape index (κ3) is 3.68. The van der Waals surface area contributed by atoms with Crippen LogP contribution in [-0.2, 0) is 11.2 Å². The molecule has 0 bridgehead atoms. The van der Waals surface area contributed by atoms with Crippen molar-refractivity contribution in [1.82, 2.24) is 10.4 Å². The summed E-state index contributed by atoms with van der Waals surface area (Å²) in [6.07, 6.45) is 2.16. The van der Waals surface area contributed by atoms with Crippen molar-refractivity contribution in [2.75, 3.05) is 0 Å². The second kappa shape index (κ2) is 6.79. The Hall–Kier alpha value is -2.40. The number of hydrazone groups is 1. The van der Waals surface area contributed by atoms with Crippen LogP contribution in [0, 0.1) is 0 Å². The maximum absolute atomic E-state index is 12.1. The summed E-state index contributed by atoms with van der Waals surface area (Å²) >= 11 is 3.40. The van der Waals surface area contributed by atoms with Crippen LogP contribution < -0.4 is 5.43 Å².